The van der Waals surface area contributed by atoms with E-state index >= 15 is 0 Å². The van der Waals surface area contributed by atoms with E-state index in [0.717, 1.165) is 6.54 Å². The fourth-order valence-corrected chi connectivity index (χ4v) is 3.39. The third kappa shape index (κ3) is 4.31. The van der Waals surface area contributed by atoms with Gasteiger partial charge >= 0.3 is 0 Å². The highest BCUT2D eigenvalue weighted by Gasteiger charge is 2.32. The van der Waals surface area contributed by atoms with Crippen LogP contribution in [0.15, 0.2) is 0 Å². The molecule has 140 valence electrons. The second kappa shape index (κ2) is 8.44. The number of rotatable bonds is 5. The van der Waals surface area contributed by atoms with Crippen LogP contribution in [0.4, 0.5) is 11.9 Å². The van der Waals surface area contributed by atoms with E-state index < -0.39 is 0 Å². The number of hydrogen-bond acceptors (Lipinski definition) is 8. The molecule has 9 heteroatoms. The van der Waals surface area contributed by atoms with E-state index in [4.69, 9.17) is 30.8 Å². The van der Waals surface area contributed by atoms with Crippen LogP contribution in [0.5, 0.6) is 0 Å². The van der Waals surface area contributed by atoms with Crippen LogP contribution >= 0.6 is 11.6 Å². The van der Waals surface area contributed by atoms with Gasteiger partial charge in [-0.15, -0.1) is 0 Å². The molecule has 8 nitrogen and oxygen atoms in total. The van der Waals surface area contributed by atoms with Gasteiger partial charge in [0.25, 0.3) is 0 Å². The molecule has 25 heavy (non-hydrogen) atoms. The first-order valence-electron chi connectivity index (χ1n) is 8.80. The molecule has 0 N–H and O–H groups in total. The first-order valence-corrected chi connectivity index (χ1v) is 9.17. The molecule has 0 bridgehead atoms. The Hall–Kier alpha value is -1.22. The maximum atomic E-state index is 6.23. The van der Waals surface area contributed by atoms with Crippen LogP contribution < -0.4 is 9.80 Å². The molecule has 2 fully saturated rings. The van der Waals surface area contributed by atoms with Crippen molar-refractivity contribution in [3.63, 3.8) is 0 Å². The summed E-state index contributed by atoms with van der Waals surface area (Å²) in [5.74, 6) is 1.17. The minimum absolute atomic E-state index is 0.0529. The fraction of sp³-hybridized carbons (Fsp3) is 0.812. The molecule has 0 saturated carbocycles. The summed E-state index contributed by atoms with van der Waals surface area (Å²) in [6.45, 7) is 10.6. The monoisotopic (exact) mass is 371 g/mol. The SMILES string of the molecule is CCOCC1COCC(C)N1c1nc(Cl)nc(N2CCOC[C@H]2C)n1. The highest BCUT2D eigenvalue weighted by molar-refractivity contribution is 6.28. The number of ether oxygens (including phenoxy) is 3. The van der Waals surface area contributed by atoms with Gasteiger partial charge in [0.1, 0.15) is 0 Å². The van der Waals surface area contributed by atoms with Gasteiger partial charge in [0.05, 0.1) is 51.2 Å². The highest BCUT2D eigenvalue weighted by Crippen LogP contribution is 2.25. The Balaban J connectivity index is 1.89. The molecule has 2 saturated heterocycles. The van der Waals surface area contributed by atoms with Gasteiger partial charge < -0.3 is 24.0 Å². The predicted molar refractivity (Wildman–Crippen MR) is 95.5 cm³/mol. The number of anilines is 2. The van der Waals surface area contributed by atoms with Crippen LogP contribution in [-0.2, 0) is 14.2 Å². The molecule has 3 heterocycles. The van der Waals surface area contributed by atoms with Gasteiger partial charge in [-0.05, 0) is 32.4 Å². The van der Waals surface area contributed by atoms with Crippen LogP contribution in [0.1, 0.15) is 20.8 Å². The van der Waals surface area contributed by atoms with E-state index in [-0.39, 0.29) is 23.4 Å². The Labute approximate surface area is 153 Å². The van der Waals surface area contributed by atoms with Crippen molar-refractivity contribution in [3.8, 4) is 0 Å². The maximum absolute atomic E-state index is 6.23. The molecule has 3 atom stereocenters. The van der Waals surface area contributed by atoms with Crippen LogP contribution in [0, 0.1) is 0 Å². The summed E-state index contributed by atoms with van der Waals surface area (Å²) in [5.41, 5.74) is 0. The average Bonchev–Trinajstić information content (AvgIpc) is 2.59. The van der Waals surface area contributed by atoms with Gasteiger partial charge in [-0.25, -0.2) is 0 Å². The van der Waals surface area contributed by atoms with E-state index in [2.05, 4.69) is 33.6 Å². The molecule has 3 rings (SSSR count). The Bertz CT molecular complexity index is 579. The van der Waals surface area contributed by atoms with Crippen molar-refractivity contribution in [2.45, 2.75) is 38.9 Å². The lowest BCUT2D eigenvalue weighted by atomic mass is 10.2. The Morgan fingerprint density at radius 2 is 1.84 bits per heavy atom. The number of morpholine rings is 2. The quantitative estimate of drug-likeness (QED) is 0.768. The van der Waals surface area contributed by atoms with Crippen molar-refractivity contribution in [3.05, 3.63) is 5.28 Å². The van der Waals surface area contributed by atoms with Gasteiger partial charge in [0.2, 0.25) is 17.2 Å². The van der Waals surface area contributed by atoms with Crippen LogP contribution in [0.2, 0.25) is 5.28 Å². The second-order valence-electron chi connectivity index (χ2n) is 6.43. The summed E-state index contributed by atoms with van der Waals surface area (Å²) in [6, 6.07) is 0.381. The lowest BCUT2D eigenvalue weighted by molar-refractivity contribution is 0.0315. The number of nitrogens with zero attached hydrogens (tertiary/aromatic N) is 5. The van der Waals surface area contributed by atoms with Crippen molar-refractivity contribution in [2.24, 2.45) is 0 Å². The number of hydrogen-bond donors (Lipinski definition) is 0. The van der Waals surface area contributed by atoms with Gasteiger partial charge in [0.15, 0.2) is 0 Å². The molecular weight excluding hydrogens is 346 g/mol. The Kier molecular flexibility index (Phi) is 6.27. The summed E-state index contributed by atoms with van der Waals surface area (Å²) in [6.07, 6.45) is 0. The van der Waals surface area contributed by atoms with Crippen molar-refractivity contribution >= 4 is 23.5 Å². The second-order valence-corrected chi connectivity index (χ2v) is 6.77. The molecule has 2 aliphatic heterocycles. The summed E-state index contributed by atoms with van der Waals surface area (Å²) in [5, 5.41) is 0.201. The molecular formula is C16H26ClN5O3. The van der Waals surface area contributed by atoms with E-state index in [1.54, 1.807) is 0 Å². The maximum Gasteiger partial charge on any atom is 0.232 e. The van der Waals surface area contributed by atoms with Crippen LogP contribution in [0.3, 0.4) is 0 Å². The van der Waals surface area contributed by atoms with E-state index in [1.165, 1.54) is 0 Å². The fourth-order valence-electron chi connectivity index (χ4n) is 3.24. The molecule has 0 aromatic carbocycles. The van der Waals surface area contributed by atoms with Crippen molar-refractivity contribution in [2.75, 3.05) is 56.0 Å². The minimum Gasteiger partial charge on any atom is -0.380 e. The summed E-state index contributed by atoms with van der Waals surface area (Å²) in [4.78, 5) is 17.7. The van der Waals surface area contributed by atoms with E-state index in [0.29, 0.717) is 51.5 Å². The van der Waals surface area contributed by atoms with Gasteiger partial charge in [-0.2, -0.15) is 15.0 Å². The number of aromatic nitrogens is 3. The topological polar surface area (TPSA) is 72.8 Å². The zero-order valence-corrected chi connectivity index (χ0v) is 15.8. The molecule has 0 amide bonds. The molecule has 1 aromatic heterocycles. The molecule has 0 aliphatic carbocycles. The zero-order chi connectivity index (χ0) is 17.8. The standard InChI is InChI=1S/C16H26ClN5O3/c1-4-23-9-13-10-25-8-12(3)22(13)16-19-14(17)18-15(20-16)21-5-6-24-7-11(21)2/h11-13H,4-10H2,1-3H3/t11-,12?,13?/m1/s1. The molecule has 0 spiro atoms. The lowest BCUT2D eigenvalue weighted by Crippen LogP contribution is -2.54. The summed E-state index contributed by atoms with van der Waals surface area (Å²) < 4.78 is 16.8. The summed E-state index contributed by atoms with van der Waals surface area (Å²) in [7, 11) is 0. The largest absolute Gasteiger partial charge is 0.380 e. The van der Waals surface area contributed by atoms with Crippen molar-refractivity contribution < 1.29 is 14.2 Å². The lowest BCUT2D eigenvalue weighted by Gasteiger charge is -2.40. The van der Waals surface area contributed by atoms with Crippen LogP contribution in [-0.4, -0.2) is 79.3 Å². The van der Waals surface area contributed by atoms with Gasteiger partial charge in [-0.3, -0.25) is 0 Å². The average molecular weight is 372 g/mol. The number of halogens is 1. The first kappa shape index (κ1) is 18.6. The molecule has 2 unspecified atom stereocenters. The van der Waals surface area contributed by atoms with Crippen LogP contribution in [0.25, 0.3) is 0 Å². The third-order valence-corrected chi connectivity index (χ3v) is 4.66. The van der Waals surface area contributed by atoms with Crippen molar-refractivity contribution in [1.29, 1.82) is 0 Å². The molecule has 0 radical (unpaired) electrons. The first-order chi connectivity index (χ1) is 12.1. The van der Waals surface area contributed by atoms with Gasteiger partial charge in [-0.1, -0.05) is 0 Å². The third-order valence-electron chi connectivity index (χ3n) is 4.49. The van der Waals surface area contributed by atoms with E-state index in [1.807, 2.05) is 6.92 Å². The molecule has 2 aliphatic rings. The highest BCUT2D eigenvalue weighted by atomic mass is 35.5. The van der Waals surface area contributed by atoms with E-state index in [9.17, 15) is 0 Å². The normalized spacial score (nSPS) is 27.6. The van der Waals surface area contributed by atoms with Gasteiger partial charge in [0, 0.05) is 13.2 Å². The summed E-state index contributed by atoms with van der Waals surface area (Å²) >= 11 is 6.23. The predicted octanol–water partition coefficient (Wildman–Crippen LogP) is 1.38. The Morgan fingerprint density at radius 1 is 1.08 bits per heavy atom. The Morgan fingerprint density at radius 3 is 2.60 bits per heavy atom. The minimum atomic E-state index is 0.0529. The van der Waals surface area contributed by atoms with Crippen molar-refractivity contribution in [1.82, 2.24) is 15.0 Å². The smallest absolute Gasteiger partial charge is 0.232 e. The molecule has 1 aromatic rings. The zero-order valence-electron chi connectivity index (χ0n) is 15.0.